The van der Waals surface area contributed by atoms with Crippen molar-refractivity contribution in [1.29, 1.82) is 0 Å². The molecule has 0 saturated carbocycles. The van der Waals surface area contributed by atoms with Gasteiger partial charge >= 0.3 is 5.69 Å². The third-order valence-corrected chi connectivity index (χ3v) is 3.81. The second-order valence-corrected chi connectivity index (χ2v) is 5.20. The molecular formula is C13H13N3O7. The summed E-state index contributed by atoms with van der Waals surface area (Å²) in [6.45, 7) is -0.417. The van der Waals surface area contributed by atoms with Crippen molar-refractivity contribution in [3.63, 3.8) is 0 Å². The third kappa shape index (κ3) is 2.52. The van der Waals surface area contributed by atoms with E-state index in [2.05, 4.69) is 4.98 Å². The Labute approximate surface area is 127 Å². The van der Waals surface area contributed by atoms with Crippen molar-refractivity contribution >= 4 is 16.6 Å². The van der Waals surface area contributed by atoms with Crippen LogP contribution in [0.3, 0.4) is 0 Å². The second-order valence-electron chi connectivity index (χ2n) is 5.20. The molecule has 10 nitrogen and oxygen atoms in total. The quantitative estimate of drug-likeness (QED) is 0.496. The van der Waals surface area contributed by atoms with Crippen LogP contribution in [0.5, 0.6) is 0 Å². The zero-order valence-corrected chi connectivity index (χ0v) is 11.7. The van der Waals surface area contributed by atoms with Gasteiger partial charge in [0.2, 0.25) is 0 Å². The fourth-order valence-corrected chi connectivity index (χ4v) is 2.69. The normalized spacial score (nSPS) is 24.2. The number of fused-ring (bicyclic) bond motifs is 1. The highest BCUT2D eigenvalue weighted by Gasteiger charge is 2.35. The predicted octanol–water partition coefficient (Wildman–Crippen LogP) is -0.761. The number of H-pyrrole nitrogens is 1. The monoisotopic (exact) mass is 323 g/mol. The summed E-state index contributed by atoms with van der Waals surface area (Å²) in [7, 11) is 0. The maximum Gasteiger partial charge on any atom is 0.330 e. The standard InChI is InChI=1S/C13H13N3O7/c17-5-10-9(18)4-11(23-10)15-8-2-1-6(16(21)22)3-7(8)12(19)14-13(15)20/h1-3,9-11,17-18H,4-5H2,(H,14,19,20)/t9-,10+,11-/m0/s1. The van der Waals surface area contributed by atoms with Crippen LogP contribution in [0.25, 0.3) is 10.9 Å². The van der Waals surface area contributed by atoms with Crippen LogP contribution >= 0.6 is 0 Å². The van der Waals surface area contributed by atoms with Crippen molar-refractivity contribution in [2.75, 3.05) is 6.61 Å². The number of aromatic nitrogens is 2. The third-order valence-electron chi connectivity index (χ3n) is 3.81. The molecule has 2 heterocycles. The van der Waals surface area contributed by atoms with E-state index in [4.69, 9.17) is 9.84 Å². The first kappa shape index (κ1) is 15.3. The lowest BCUT2D eigenvalue weighted by Gasteiger charge is -2.16. The number of rotatable bonds is 3. The van der Waals surface area contributed by atoms with Crippen LogP contribution in [0.1, 0.15) is 12.6 Å². The number of aliphatic hydroxyl groups excluding tert-OH is 2. The average Bonchev–Trinajstić information content (AvgIpc) is 2.87. The van der Waals surface area contributed by atoms with Crippen LogP contribution in [0.2, 0.25) is 0 Å². The molecule has 10 heteroatoms. The second kappa shape index (κ2) is 5.57. The van der Waals surface area contributed by atoms with E-state index in [1.807, 2.05) is 0 Å². The van der Waals surface area contributed by atoms with E-state index in [1.54, 1.807) is 0 Å². The number of hydrogen-bond acceptors (Lipinski definition) is 7. The molecule has 122 valence electrons. The van der Waals surface area contributed by atoms with Crippen LogP contribution in [0.15, 0.2) is 27.8 Å². The lowest BCUT2D eigenvalue weighted by molar-refractivity contribution is -0.384. The summed E-state index contributed by atoms with van der Waals surface area (Å²) in [5.74, 6) is 0. The van der Waals surface area contributed by atoms with E-state index < -0.39 is 41.2 Å². The van der Waals surface area contributed by atoms with Crippen LogP contribution in [-0.4, -0.2) is 43.5 Å². The van der Waals surface area contributed by atoms with E-state index in [0.29, 0.717) is 0 Å². The number of nitro benzene ring substituents is 1. The van der Waals surface area contributed by atoms with Crippen molar-refractivity contribution in [2.24, 2.45) is 0 Å². The molecule has 0 bridgehead atoms. The van der Waals surface area contributed by atoms with Gasteiger partial charge in [0.15, 0.2) is 0 Å². The Morgan fingerprint density at radius 2 is 2.17 bits per heavy atom. The largest absolute Gasteiger partial charge is 0.394 e. The molecular weight excluding hydrogens is 310 g/mol. The molecule has 1 aliphatic rings. The number of aromatic amines is 1. The minimum atomic E-state index is -0.961. The SMILES string of the molecule is O=c1[nH]c(=O)n([C@@H]2C[C@H](O)[C@@H](CO)O2)c2ccc([N+](=O)[O-])cc12. The van der Waals surface area contributed by atoms with E-state index in [1.165, 1.54) is 12.1 Å². The van der Waals surface area contributed by atoms with E-state index in [9.17, 15) is 24.8 Å². The Hall–Kier alpha value is -2.56. The maximum absolute atomic E-state index is 12.1. The van der Waals surface area contributed by atoms with Gasteiger partial charge in [-0.15, -0.1) is 0 Å². The molecule has 1 aliphatic heterocycles. The fraction of sp³-hybridized carbons (Fsp3) is 0.385. The van der Waals surface area contributed by atoms with Crippen LogP contribution in [0, 0.1) is 10.1 Å². The van der Waals surface area contributed by atoms with Gasteiger partial charge in [-0.05, 0) is 6.07 Å². The molecule has 0 radical (unpaired) electrons. The molecule has 23 heavy (non-hydrogen) atoms. The molecule has 3 rings (SSSR count). The van der Waals surface area contributed by atoms with Crippen LogP contribution in [0.4, 0.5) is 5.69 Å². The van der Waals surface area contributed by atoms with E-state index in [-0.39, 0.29) is 23.0 Å². The fourth-order valence-electron chi connectivity index (χ4n) is 2.69. The highest BCUT2D eigenvalue weighted by molar-refractivity contribution is 5.80. The Balaban J connectivity index is 2.20. The van der Waals surface area contributed by atoms with Crippen LogP contribution < -0.4 is 11.2 Å². The number of benzene rings is 1. The number of aliphatic hydroxyl groups is 2. The maximum atomic E-state index is 12.1. The number of hydrogen-bond donors (Lipinski definition) is 3. The number of nitrogens with one attached hydrogen (secondary N) is 1. The molecule has 1 saturated heterocycles. The smallest absolute Gasteiger partial charge is 0.330 e. The molecule has 1 fully saturated rings. The summed E-state index contributed by atoms with van der Waals surface area (Å²) < 4.78 is 6.53. The minimum absolute atomic E-state index is 0.0376. The molecule has 1 aromatic heterocycles. The lowest BCUT2D eigenvalue weighted by atomic mass is 10.2. The zero-order valence-electron chi connectivity index (χ0n) is 11.7. The highest BCUT2D eigenvalue weighted by atomic mass is 16.6. The number of non-ortho nitro benzene ring substituents is 1. The van der Waals surface area contributed by atoms with E-state index >= 15 is 0 Å². The number of nitro groups is 1. The molecule has 0 spiro atoms. The van der Waals surface area contributed by atoms with Crippen molar-refractivity contribution in [1.82, 2.24) is 9.55 Å². The molecule has 3 N–H and O–H groups in total. The first-order valence-corrected chi connectivity index (χ1v) is 6.79. The van der Waals surface area contributed by atoms with Crippen molar-refractivity contribution in [3.05, 3.63) is 49.2 Å². The zero-order chi connectivity index (χ0) is 16.7. The predicted molar refractivity (Wildman–Crippen MR) is 77.1 cm³/mol. The molecule has 1 aromatic carbocycles. The van der Waals surface area contributed by atoms with Crippen molar-refractivity contribution in [2.45, 2.75) is 24.9 Å². The lowest BCUT2D eigenvalue weighted by Crippen LogP contribution is -2.33. The van der Waals surface area contributed by atoms with Gasteiger partial charge in [-0.2, -0.15) is 0 Å². The molecule has 3 atom stereocenters. The van der Waals surface area contributed by atoms with Gasteiger partial charge in [-0.25, -0.2) is 4.79 Å². The highest BCUT2D eigenvalue weighted by Crippen LogP contribution is 2.29. The average molecular weight is 323 g/mol. The number of nitrogens with zero attached hydrogens (tertiary/aromatic N) is 2. The molecule has 0 aliphatic carbocycles. The topological polar surface area (TPSA) is 148 Å². The Morgan fingerprint density at radius 3 is 2.78 bits per heavy atom. The van der Waals surface area contributed by atoms with Crippen LogP contribution in [-0.2, 0) is 4.74 Å². The van der Waals surface area contributed by atoms with Gasteiger partial charge in [-0.1, -0.05) is 0 Å². The summed E-state index contributed by atoms with van der Waals surface area (Å²) >= 11 is 0. The van der Waals surface area contributed by atoms with Gasteiger partial charge in [0.05, 0.1) is 28.5 Å². The van der Waals surface area contributed by atoms with Gasteiger partial charge < -0.3 is 14.9 Å². The number of ether oxygens (including phenoxy) is 1. The van der Waals surface area contributed by atoms with Gasteiger partial charge in [0, 0.05) is 18.6 Å². The summed E-state index contributed by atoms with van der Waals surface area (Å²) in [6.07, 6.45) is -2.65. The molecule has 0 unspecified atom stereocenters. The first-order valence-electron chi connectivity index (χ1n) is 6.79. The summed E-state index contributed by atoms with van der Waals surface area (Å²) in [5, 5.41) is 29.7. The van der Waals surface area contributed by atoms with Crippen molar-refractivity contribution in [3.8, 4) is 0 Å². The Kier molecular flexibility index (Phi) is 3.72. The summed E-state index contributed by atoms with van der Waals surface area (Å²) in [5.41, 5.74) is -1.64. The van der Waals surface area contributed by atoms with Gasteiger partial charge in [0.25, 0.3) is 11.2 Å². The summed E-state index contributed by atoms with van der Waals surface area (Å²) in [4.78, 5) is 36.3. The van der Waals surface area contributed by atoms with Gasteiger partial charge in [0.1, 0.15) is 12.3 Å². The molecule has 2 aromatic rings. The van der Waals surface area contributed by atoms with Crippen molar-refractivity contribution < 1.29 is 19.9 Å². The van der Waals surface area contributed by atoms with E-state index in [0.717, 1.165) is 10.6 Å². The minimum Gasteiger partial charge on any atom is -0.394 e. The Morgan fingerprint density at radius 1 is 1.43 bits per heavy atom. The first-order chi connectivity index (χ1) is 10.9. The van der Waals surface area contributed by atoms with Gasteiger partial charge in [-0.3, -0.25) is 24.5 Å². The Bertz CT molecular complexity index is 887. The summed E-state index contributed by atoms with van der Waals surface area (Å²) in [6, 6.07) is 3.53. The molecule has 0 amide bonds.